The zero-order valence-corrected chi connectivity index (χ0v) is 10.8. The van der Waals surface area contributed by atoms with Crippen LogP contribution in [-0.4, -0.2) is 21.4 Å². The largest absolute Gasteiger partial charge is 0.384 e. The molecule has 0 bridgehead atoms. The Kier molecular flexibility index (Phi) is 3.79. The fourth-order valence-electron chi connectivity index (χ4n) is 1.91. The van der Waals surface area contributed by atoms with Gasteiger partial charge in [0.15, 0.2) is 0 Å². The number of aromatic nitrogens is 2. The zero-order valence-electron chi connectivity index (χ0n) is 10.8. The number of nitrogens with zero attached hydrogens (tertiary/aromatic N) is 2. The summed E-state index contributed by atoms with van der Waals surface area (Å²) in [6.07, 6.45) is 3.79. The van der Waals surface area contributed by atoms with Crippen molar-refractivity contribution in [1.29, 1.82) is 0 Å². The molecule has 1 aromatic heterocycles. The lowest BCUT2D eigenvalue weighted by Gasteiger charge is -2.24. The van der Waals surface area contributed by atoms with Crippen LogP contribution < -0.4 is 5.32 Å². The lowest BCUT2D eigenvalue weighted by Crippen LogP contribution is -2.35. The van der Waals surface area contributed by atoms with Crippen LogP contribution in [0.2, 0.25) is 0 Å². The Morgan fingerprint density at radius 2 is 2.06 bits per heavy atom. The molecular formula is C14H19N3O. The third-order valence-corrected chi connectivity index (χ3v) is 2.95. The van der Waals surface area contributed by atoms with Gasteiger partial charge in [-0.2, -0.15) is 5.10 Å². The van der Waals surface area contributed by atoms with Crippen LogP contribution in [0, 0.1) is 0 Å². The lowest BCUT2D eigenvalue weighted by molar-refractivity contribution is 0.0567. The third-order valence-electron chi connectivity index (χ3n) is 2.95. The summed E-state index contributed by atoms with van der Waals surface area (Å²) < 4.78 is 1.77. The predicted octanol–water partition coefficient (Wildman–Crippen LogP) is 1.42. The fraction of sp³-hybridized carbons (Fsp3) is 0.357. The Balaban J connectivity index is 1.89. The quantitative estimate of drug-likeness (QED) is 0.837. The molecule has 2 rings (SSSR count). The van der Waals surface area contributed by atoms with E-state index in [-0.39, 0.29) is 0 Å². The monoisotopic (exact) mass is 245 g/mol. The van der Waals surface area contributed by atoms with Gasteiger partial charge in [0.05, 0.1) is 11.8 Å². The maximum absolute atomic E-state index is 10.4. The number of rotatable bonds is 5. The van der Waals surface area contributed by atoms with Gasteiger partial charge in [0, 0.05) is 31.9 Å². The van der Waals surface area contributed by atoms with Gasteiger partial charge in [0.1, 0.15) is 0 Å². The average molecular weight is 245 g/mol. The van der Waals surface area contributed by atoms with Crippen LogP contribution in [0.1, 0.15) is 18.1 Å². The highest BCUT2D eigenvalue weighted by Gasteiger charge is 2.21. The smallest absolute Gasteiger partial charge is 0.0992 e. The summed E-state index contributed by atoms with van der Waals surface area (Å²) in [5.74, 6) is 0. The Morgan fingerprint density at radius 1 is 1.33 bits per heavy atom. The highest BCUT2D eigenvalue weighted by molar-refractivity contribution is 5.21. The maximum atomic E-state index is 10.4. The first-order chi connectivity index (χ1) is 8.58. The first kappa shape index (κ1) is 12.8. The lowest BCUT2D eigenvalue weighted by atomic mass is 9.96. The van der Waals surface area contributed by atoms with Crippen LogP contribution in [-0.2, 0) is 19.2 Å². The van der Waals surface area contributed by atoms with E-state index in [1.807, 2.05) is 56.7 Å². The van der Waals surface area contributed by atoms with Gasteiger partial charge in [-0.25, -0.2) is 0 Å². The summed E-state index contributed by atoms with van der Waals surface area (Å²) in [4.78, 5) is 0. The van der Waals surface area contributed by atoms with E-state index in [9.17, 15) is 5.11 Å². The molecule has 96 valence electrons. The van der Waals surface area contributed by atoms with Crippen molar-refractivity contribution in [2.75, 3.05) is 6.54 Å². The first-order valence-corrected chi connectivity index (χ1v) is 6.04. The summed E-state index contributed by atoms with van der Waals surface area (Å²) in [5, 5.41) is 17.7. The Morgan fingerprint density at radius 3 is 2.67 bits per heavy atom. The number of nitrogens with one attached hydrogen (secondary N) is 1. The van der Waals surface area contributed by atoms with Crippen molar-refractivity contribution in [2.24, 2.45) is 7.05 Å². The average Bonchev–Trinajstić information content (AvgIpc) is 2.76. The number of hydrogen-bond acceptors (Lipinski definition) is 3. The van der Waals surface area contributed by atoms with Crippen LogP contribution in [0.15, 0.2) is 42.7 Å². The molecule has 4 heteroatoms. The molecule has 1 unspecified atom stereocenters. The van der Waals surface area contributed by atoms with E-state index in [1.54, 1.807) is 4.68 Å². The number of aryl methyl sites for hydroxylation is 1. The van der Waals surface area contributed by atoms with Crippen molar-refractivity contribution in [1.82, 2.24) is 15.1 Å². The van der Waals surface area contributed by atoms with Crippen molar-refractivity contribution in [3.63, 3.8) is 0 Å². The van der Waals surface area contributed by atoms with Gasteiger partial charge in [0.25, 0.3) is 0 Å². The van der Waals surface area contributed by atoms with E-state index in [0.717, 1.165) is 11.1 Å². The Labute approximate surface area is 107 Å². The van der Waals surface area contributed by atoms with Gasteiger partial charge in [-0.15, -0.1) is 0 Å². The van der Waals surface area contributed by atoms with Crippen molar-refractivity contribution >= 4 is 0 Å². The van der Waals surface area contributed by atoms with Gasteiger partial charge in [-0.05, 0) is 12.5 Å². The highest BCUT2D eigenvalue weighted by atomic mass is 16.3. The molecule has 2 aromatic rings. The van der Waals surface area contributed by atoms with E-state index < -0.39 is 5.60 Å². The summed E-state index contributed by atoms with van der Waals surface area (Å²) in [6.45, 7) is 3.03. The number of hydrogen-bond donors (Lipinski definition) is 2. The van der Waals surface area contributed by atoms with Crippen molar-refractivity contribution in [3.05, 3.63) is 53.9 Å². The second-order valence-corrected chi connectivity index (χ2v) is 4.77. The summed E-state index contributed by atoms with van der Waals surface area (Å²) >= 11 is 0. The van der Waals surface area contributed by atoms with Crippen LogP contribution in [0.4, 0.5) is 0 Å². The van der Waals surface area contributed by atoms with Crippen molar-refractivity contribution in [2.45, 2.75) is 19.1 Å². The van der Waals surface area contributed by atoms with Gasteiger partial charge in [0.2, 0.25) is 0 Å². The molecule has 0 spiro atoms. The SMILES string of the molecule is Cn1cc(CNCC(C)(O)c2ccccc2)cn1. The van der Waals surface area contributed by atoms with Gasteiger partial charge in [-0.1, -0.05) is 30.3 Å². The van der Waals surface area contributed by atoms with Crippen LogP contribution in [0.5, 0.6) is 0 Å². The van der Waals surface area contributed by atoms with E-state index in [0.29, 0.717) is 13.1 Å². The molecule has 0 aliphatic heterocycles. The molecule has 0 saturated carbocycles. The standard InChI is InChI=1S/C14H19N3O/c1-14(18,13-6-4-3-5-7-13)11-15-8-12-9-16-17(2)10-12/h3-7,9-10,15,18H,8,11H2,1-2H3. The van der Waals surface area contributed by atoms with Crippen LogP contribution >= 0.6 is 0 Å². The van der Waals surface area contributed by atoms with Crippen LogP contribution in [0.25, 0.3) is 0 Å². The number of aliphatic hydroxyl groups is 1. The highest BCUT2D eigenvalue weighted by Crippen LogP contribution is 2.18. The second kappa shape index (κ2) is 5.33. The van der Waals surface area contributed by atoms with Crippen molar-refractivity contribution in [3.8, 4) is 0 Å². The molecule has 0 saturated heterocycles. The molecule has 0 aliphatic rings. The molecule has 4 nitrogen and oxygen atoms in total. The molecule has 2 N–H and O–H groups in total. The maximum Gasteiger partial charge on any atom is 0.0992 e. The molecular weight excluding hydrogens is 226 g/mol. The number of benzene rings is 1. The zero-order chi connectivity index (χ0) is 13.0. The van der Waals surface area contributed by atoms with Gasteiger partial charge < -0.3 is 10.4 Å². The normalized spacial score (nSPS) is 14.4. The summed E-state index contributed by atoms with van der Waals surface area (Å²) in [6, 6.07) is 9.69. The van der Waals surface area contributed by atoms with Crippen molar-refractivity contribution < 1.29 is 5.11 Å². The summed E-state index contributed by atoms with van der Waals surface area (Å²) in [7, 11) is 1.89. The van der Waals surface area contributed by atoms with Gasteiger partial charge in [-0.3, -0.25) is 4.68 Å². The van der Waals surface area contributed by atoms with E-state index in [1.165, 1.54) is 0 Å². The minimum Gasteiger partial charge on any atom is -0.384 e. The molecule has 0 aliphatic carbocycles. The van der Waals surface area contributed by atoms with E-state index in [4.69, 9.17) is 0 Å². The topological polar surface area (TPSA) is 50.1 Å². The minimum atomic E-state index is -0.858. The fourth-order valence-corrected chi connectivity index (χ4v) is 1.91. The minimum absolute atomic E-state index is 0.506. The second-order valence-electron chi connectivity index (χ2n) is 4.77. The third kappa shape index (κ3) is 3.18. The van der Waals surface area contributed by atoms with Crippen LogP contribution in [0.3, 0.4) is 0 Å². The molecule has 1 aromatic carbocycles. The Hall–Kier alpha value is -1.65. The van der Waals surface area contributed by atoms with E-state index >= 15 is 0 Å². The molecule has 0 amide bonds. The first-order valence-electron chi connectivity index (χ1n) is 6.04. The summed E-state index contributed by atoms with van der Waals surface area (Å²) in [5.41, 5.74) is 1.17. The predicted molar refractivity (Wildman–Crippen MR) is 70.9 cm³/mol. The molecule has 0 radical (unpaired) electrons. The van der Waals surface area contributed by atoms with Gasteiger partial charge >= 0.3 is 0 Å². The Bertz CT molecular complexity index is 491. The molecule has 0 fully saturated rings. The molecule has 1 heterocycles. The molecule has 1 atom stereocenters. The molecule has 18 heavy (non-hydrogen) atoms. The van der Waals surface area contributed by atoms with E-state index in [2.05, 4.69) is 10.4 Å².